The van der Waals surface area contributed by atoms with Crippen LogP contribution in [0.2, 0.25) is 0 Å². The fourth-order valence-electron chi connectivity index (χ4n) is 1.79. The van der Waals surface area contributed by atoms with Crippen molar-refractivity contribution in [2.75, 3.05) is 26.4 Å². The van der Waals surface area contributed by atoms with Crippen molar-refractivity contribution < 1.29 is 38.1 Å². The highest BCUT2D eigenvalue weighted by Crippen LogP contribution is 2.15. The minimum Gasteiger partial charge on any atom is -0.466 e. The zero-order valence-electron chi connectivity index (χ0n) is 16.7. The molecule has 8 heteroatoms. The molecule has 0 bridgehead atoms. The molecular weight excluding hydrogens is 344 g/mol. The molecule has 0 amide bonds. The molecule has 0 aromatic rings. The van der Waals surface area contributed by atoms with Gasteiger partial charge in [-0.15, -0.1) is 0 Å². The second-order valence-corrected chi connectivity index (χ2v) is 5.47. The van der Waals surface area contributed by atoms with Gasteiger partial charge in [-0.2, -0.15) is 0 Å². The lowest BCUT2D eigenvalue weighted by Gasteiger charge is -2.15. The van der Waals surface area contributed by atoms with Crippen molar-refractivity contribution in [3.05, 3.63) is 0 Å². The van der Waals surface area contributed by atoms with Crippen molar-refractivity contribution in [2.24, 2.45) is 11.8 Å². The topological polar surface area (TPSA) is 105 Å². The van der Waals surface area contributed by atoms with Gasteiger partial charge in [-0.25, -0.2) is 0 Å². The molecule has 0 aliphatic rings. The molecule has 0 spiro atoms. The molecule has 0 aliphatic heterocycles. The molecule has 0 saturated carbocycles. The number of carbonyl (C=O) groups excluding carboxylic acids is 4. The zero-order valence-corrected chi connectivity index (χ0v) is 16.7. The number of hydrogen-bond acceptors (Lipinski definition) is 8. The lowest BCUT2D eigenvalue weighted by molar-refractivity contribution is -0.162. The third kappa shape index (κ3) is 14.2. The molecule has 0 aliphatic carbocycles. The van der Waals surface area contributed by atoms with E-state index in [1.165, 1.54) is 0 Å². The second kappa shape index (κ2) is 16.4. The maximum Gasteiger partial charge on any atom is 0.320 e. The monoisotopic (exact) mass is 376 g/mol. The first-order chi connectivity index (χ1) is 12.2. The van der Waals surface area contributed by atoms with Crippen LogP contribution in [-0.2, 0) is 38.1 Å². The quantitative estimate of drug-likeness (QED) is 0.325. The van der Waals surface area contributed by atoms with Crippen molar-refractivity contribution in [1.82, 2.24) is 0 Å². The fourth-order valence-corrected chi connectivity index (χ4v) is 1.79. The molecule has 0 saturated heterocycles. The Kier molecular flexibility index (Phi) is 16.4. The van der Waals surface area contributed by atoms with Crippen molar-refractivity contribution >= 4 is 23.9 Å². The molecule has 0 aromatic heterocycles. The van der Waals surface area contributed by atoms with Crippen molar-refractivity contribution in [3.8, 4) is 0 Å². The molecule has 0 radical (unpaired) electrons. The summed E-state index contributed by atoms with van der Waals surface area (Å²) in [5.41, 5.74) is 0. The summed E-state index contributed by atoms with van der Waals surface area (Å²) in [5.74, 6) is -2.56. The van der Waals surface area contributed by atoms with Crippen LogP contribution in [0.5, 0.6) is 0 Å². The van der Waals surface area contributed by atoms with E-state index in [9.17, 15) is 19.2 Å². The van der Waals surface area contributed by atoms with Gasteiger partial charge in [0.25, 0.3) is 0 Å². The Bertz CT molecular complexity index is 397. The van der Waals surface area contributed by atoms with Gasteiger partial charge in [-0.05, 0) is 40.0 Å². The van der Waals surface area contributed by atoms with Crippen LogP contribution in [0.15, 0.2) is 0 Å². The first kappa shape index (κ1) is 26.1. The molecule has 0 N–H and O–H groups in total. The number of hydrogen-bond donors (Lipinski definition) is 0. The van der Waals surface area contributed by atoms with Gasteiger partial charge in [0.15, 0.2) is 5.92 Å². The van der Waals surface area contributed by atoms with Crippen LogP contribution >= 0.6 is 0 Å². The molecule has 0 atom stereocenters. The lowest BCUT2D eigenvalue weighted by atomic mass is 9.97. The second-order valence-electron chi connectivity index (χ2n) is 5.47. The van der Waals surface area contributed by atoms with E-state index in [2.05, 4.69) is 9.47 Å². The lowest BCUT2D eigenvalue weighted by Crippen LogP contribution is -2.29. The standard InChI is InChI=1S/C11H20O4.C7H12O4/c1-5-14-10(12)9(7-8(3)4)11(13)15-6-2;1-3-10-6(8)5-7(9)11-4-2/h8-9H,5-7H2,1-4H3;3-5H2,1-2H3. The Morgan fingerprint density at radius 1 is 0.654 bits per heavy atom. The third-order valence-electron chi connectivity index (χ3n) is 2.75. The van der Waals surface area contributed by atoms with E-state index >= 15 is 0 Å². The van der Waals surface area contributed by atoms with Crippen molar-refractivity contribution in [2.45, 2.75) is 54.4 Å². The average Bonchev–Trinajstić information content (AvgIpc) is 2.53. The van der Waals surface area contributed by atoms with E-state index < -0.39 is 29.8 Å². The molecule has 8 nitrogen and oxygen atoms in total. The maximum absolute atomic E-state index is 11.5. The summed E-state index contributed by atoms with van der Waals surface area (Å²) in [4.78, 5) is 44.2. The molecule has 0 unspecified atom stereocenters. The fraction of sp³-hybridized carbons (Fsp3) is 0.778. The van der Waals surface area contributed by atoms with Crippen LogP contribution in [-0.4, -0.2) is 50.3 Å². The van der Waals surface area contributed by atoms with Gasteiger partial charge in [0.2, 0.25) is 0 Å². The summed E-state index contributed by atoms with van der Waals surface area (Å²) in [7, 11) is 0. The first-order valence-corrected chi connectivity index (χ1v) is 8.87. The molecule has 0 heterocycles. The van der Waals surface area contributed by atoms with Gasteiger partial charge < -0.3 is 18.9 Å². The molecular formula is C18H32O8. The Balaban J connectivity index is 0. The van der Waals surface area contributed by atoms with Gasteiger partial charge in [-0.1, -0.05) is 13.8 Å². The van der Waals surface area contributed by atoms with Crippen LogP contribution in [0, 0.1) is 11.8 Å². The SMILES string of the molecule is CCOC(=O)C(CC(C)C)C(=O)OCC.CCOC(=O)CC(=O)OCC. The van der Waals surface area contributed by atoms with E-state index in [0.29, 0.717) is 6.42 Å². The molecule has 26 heavy (non-hydrogen) atoms. The third-order valence-corrected chi connectivity index (χ3v) is 2.75. The number of carbonyl (C=O) groups is 4. The first-order valence-electron chi connectivity index (χ1n) is 8.87. The van der Waals surface area contributed by atoms with E-state index in [1.54, 1.807) is 27.7 Å². The van der Waals surface area contributed by atoms with Crippen LogP contribution < -0.4 is 0 Å². The normalized spacial score (nSPS) is 9.85. The van der Waals surface area contributed by atoms with Crippen molar-refractivity contribution in [1.29, 1.82) is 0 Å². The average molecular weight is 376 g/mol. The van der Waals surface area contributed by atoms with Gasteiger partial charge >= 0.3 is 23.9 Å². The Labute approximate surface area is 155 Å². The zero-order chi connectivity index (χ0) is 20.5. The Hall–Kier alpha value is -2.12. The summed E-state index contributed by atoms with van der Waals surface area (Å²) in [6.45, 7) is 11.9. The van der Waals surface area contributed by atoms with Gasteiger partial charge in [-0.3, -0.25) is 19.2 Å². The largest absolute Gasteiger partial charge is 0.466 e. The van der Waals surface area contributed by atoms with Crippen molar-refractivity contribution in [3.63, 3.8) is 0 Å². The van der Waals surface area contributed by atoms with Crippen LogP contribution in [0.3, 0.4) is 0 Å². The summed E-state index contributed by atoms with van der Waals surface area (Å²) < 4.78 is 18.7. The van der Waals surface area contributed by atoms with Crippen LogP contribution in [0.1, 0.15) is 54.4 Å². The number of ether oxygens (including phenoxy) is 4. The summed E-state index contributed by atoms with van der Waals surface area (Å²) in [5, 5.41) is 0. The summed E-state index contributed by atoms with van der Waals surface area (Å²) in [6.07, 6.45) is 0.180. The summed E-state index contributed by atoms with van der Waals surface area (Å²) >= 11 is 0. The Morgan fingerprint density at radius 2 is 1.00 bits per heavy atom. The van der Waals surface area contributed by atoms with E-state index in [4.69, 9.17) is 9.47 Å². The predicted octanol–water partition coefficient (Wildman–Crippen LogP) is 2.28. The minimum atomic E-state index is -0.773. The predicted molar refractivity (Wildman–Crippen MR) is 94.1 cm³/mol. The number of rotatable bonds is 10. The molecule has 0 fully saturated rings. The maximum atomic E-state index is 11.5. The molecule has 0 aromatic carbocycles. The minimum absolute atomic E-state index is 0.254. The van der Waals surface area contributed by atoms with E-state index in [-0.39, 0.29) is 38.8 Å². The smallest absolute Gasteiger partial charge is 0.320 e. The van der Waals surface area contributed by atoms with Gasteiger partial charge in [0, 0.05) is 0 Å². The molecule has 0 rings (SSSR count). The van der Waals surface area contributed by atoms with Gasteiger partial charge in [0.05, 0.1) is 26.4 Å². The highest BCUT2D eigenvalue weighted by atomic mass is 16.6. The summed E-state index contributed by atoms with van der Waals surface area (Å²) in [6, 6.07) is 0. The van der Waals surface area contributed by atoms with E-state index in [1.807, 2.05) is 13.8 Å². The molecule has 152 valence electrons. The van der Waals surface area contributed by atoms with Crippen LogP contribution in [0.4, 0.5) is 0 Å². The number of esters is 4. The van der Waals surface area contributed by atoms with Crippen LogP contribution in [0.25, 0.3) is 0 Å². The van der Waals surface area contributed by atoms with Gasteiger partial charge in [0.1, 0.15) is 6.42 Å². The highest BCUT2D eigenvalue weighted by molar-refractivity contribution is 5.94. The van der Waals surface area contributed by atoms with E-state index in [0.717, 1.165) is 0 Å². The Morgan fingerprint density at radius 3 is 1.27 bits per heavy atom. The highest BCUT2D eigenvalue weighted by Gasteiger charge is 2.29.